The van der Waals surface area contributed by atoms with Crippen LogP contribution in [0.4, 0.5) is 0 Å². The van der Waals surface area contributed by atoms with Crippen LogP contribution in [-0.2, 0) is 20.9 Å². The first-order valence-electron chi connectivity index (χ1n) is 8.14. The minimum Gasteiger partial charge on any atom is -0.460 e. The molecule has 0 saturated carbocycles. The second-order valence-electron chi connectivity index (χ2n) is 6.04. The lowest BCUT2D eigenvalue weighted by Crippen LogP contribution is -2.29. The fraction of sp³-hybridized carbons (Fsp3) is 0.556. The molecule has 120 valence electrons. The molecule has 3 atom stereocenters. The number of hydrogen-bond acceptors (Lipinski definition) is 3. The van der Waals surface area contributed by atoms with Gasteiger partial charge in [0.25, 0.3) is 0 Å². The van der Waals surface area contributed by atoms with Gasteiger partial charge in [0, 0.05) is 6.04 Å². The molecule has 1 N–H and O–H groups in total. The minimum absolute atomic E-state index is 0.00682. The Morgan fingerprint density at radius 1 is 1.23 bits per heavy atom. The average molecular weight is 303 g/mol. The zero-order valence-electron chi connectivity index (χ0n) is 13.4. The second kappa shape index (κ2) is 7.97. The summed E-state index contributed by atoms with van der Waals surface area (Å²) in [7, 11) is 0. The first-order chi connectivity index (χ1) is 10.6. The number of benzene rings is 1. The van der Waals surface area contributed by atoms with Gasteiger partial charge in [-0.3, -0.25) is 9.59 Å². The van der Waals surface area contributed by atoms with Gasteiger partial charge in [0.05, 0.1) is 0 Å². The van der Waals surface area contributed by atoms with E-state index in [0.29, 0.717) is 0 Å². The Hall–Kier alpha value is -1.84. The summed E-state index contributed by atoms with van der Waals surface area (Å²) in [6, 6.07) is 9.61. The SMILES string of the molecule is CCCCCC1NC(=O)C(C(=O)OCc2ccccc2)C1C. The van der Waals surface area contributed by atoms with Gasteiger partial charge in [-0.25, -0.2) is 0 Å². The molecule has 4 heteroatoms. The molecule has 2 rings (SSSR count). The molecule has 1 heterocycles. The minimum atomic E-state index is -0.671. The van der Waals surface area contributed by atoms with Crippen molar-refractivity contribution in [3.05, 3.63) is 35.9 Å². The molecule has 0 aliphatic carbocycles. The van der Waals surface area contributed by atoms with Crippen LogP contribution in [0.25, 0.3) is 0 Å². The maximum atomic E-state index is 12.2. The van der Waals surface area contributed by atoms with Crippen molar-refractivity contribution in [2.45, 2.75) is 52.2 Å². The molecule has 1 amide bonds. The molecule has 1 aliphatic heterocycles. The largest absolute Gasteiger partial charge is 0.460 e. The van der Waals surface area contributed by atoms with Crippen molar-refractivity contribution >= 4 is 11.9 Å². The zero-order chi connectivity index (χ0) is 15.9. The smallest absolute Gasteiger partial charge is 0.319 e. The molecule has 1 aromatic rings. The zero-order valence-corrected chi connectivity index (χ0v) is 13.4. The lowest BCUT2D eigenvalue weighted by molar-refractivity contribution is -0.153. The van der Waals surface area contributed by atoms with Gasteiger partial charge in [0.15, 0.2) is 0 Å². The molecular formula is C18H25NO3. The monoisotopic (exact) mass is 303 g/mol. The first-order valence-corrected chi connectivity index (χ1v) is 8.14. The highest BCUT2D eigenvalue weighted by atomic mass is 16.5. The van der Waals surface area contributed by atoms with Crippen LogP contribution in [-0.4, -0.2) is 17.9 Å². The van der Waals surface area contributed by atoms with Gasteiger partial charge in [0.2, 0.25) is 5.91 Å². The third-order valence-corrected chi connectivity index (χ3v) is 4.37. The van der Waals surface area contributed by atoms with Crippen LogP contribution >= 0.6 is 0 Å². The maximum Gasteiger partial charge on any atom is 0.319 e. The maximum absolute atomic E-state index is 12.2. The van der Waals surface area contributed by atoms with Crippen molar-refractivity contribution < 1.29 is 14.3 Å². The molecule has 22 heavy (non-hydrogen) atoms. The predicted octanol–water partition coefficient (Wildman–Crippen LogP) is 3.06. The van der Waals surface area contributed by atoms with E-state index in [1.807, 2.05) is 37.3 Å². The Morgan fingerprint density at radius 3 is 2.64 bits per heavy atom. The normalized spacial score (nSPS) is 24.1. The van der Waals surface area contributed by atoms with Crippen molar-refractivity contribution in [1.82, 2.24) is 5.32 Å². The van der Waals surface area contributed by atoms with E-state index in [0.717, 1.165) is 31.2 Å². The summed E-state index contributed by atoms with van der Waals surface area (Å²) >= 11 is 0. The van der Waals surface area contributed by atoms with Crippen molar-refractivity contribution in [2.75, 3.05) is 0 Å². The van der Waals surface area contributed by atoms with Crippen LogP contribution in [0.5, 0.6) is 0 Å². The van der Waals surface area contributed by atoms with Gasteiger partial charge in [-0.1, -0.05) is 63.4 Å². The van der Waals surface area contributed by atoms with Crippen LogP contribution in [0, 0.1) is 11.8 Å². The predicted molar refractivity (Wildman–Crippen MR) is 85.0 cm³/mol. The lowest BCUT2D eigenvalue weighted by atomic mass is 9.89. The molecular weight excluding hydrogens is 278 g/mol. The molecule has 0 bridgehead atoms. The fourth-order valence-electron chi connectivity index (χ4n) is 2.96. The Labute approximate surface area is 132 Å². The highest BCUT2D eigenvalue weighted by Gasteiger charge is 2.44. The number of ether oxygens (including phenoxy) is 1. The highest BCUT2D eigenvalue weighted by molar-refractivity contribution is 6.00. The number of carbonyl (C=O) groups is 2. The van der Waals surface area contributed by atoms with Crippen molar-refractivity contribution in [3.63, 3.8) is 0 Å². The molecule has 1 saturated heterocycles. The molecule has 0 spiro atoms. The van der Waals surface area contributed by atoms with E-state index >= 15 is 0 Å². The number of nitrogens with one attached hydrogen (secondary N) is 1. The number of rotatable bonds is 7. The number of unbranched alkanes of at least 4 members (excludes halogenated alkanes) is 2. The summed E-state index contributed by atoms with van der Waals surface area (Å²) in [5, 5.41) is 2.95. The van der Waals surface area contributed by atoms with Crippen molar-refractivity contribution in [2.24, 2.45) is 11.8 Å². The van der Waals surface area contributed by atoms with E-state index in [1.54, 1.807) is 0 Å². The van der Waals surface area contributed by atoms with Crippen molar-refractivity contribution in [1.29, 1.82) is 0 Å². The highest BCUT2D eigenvalue weighted by Crippen LogP contribution is 2.28. The number of amides is 1. The van der Waals surface area contributed by atoms with Gasteiger partial charge in [-0.05, 0) is 17.9 Å². The van der Waals surface area contributed by atoms with E-state index in [9.17, 15) is 9.59 Å². The summed E-state index contributed by atoms with van der Waals surface area (Å²) in [6.07, 6.45) is 4.32. The quantitative estimate of drug-likeness (QED) is 0.478. The van der Waals surface area contributed by atoms with E-state index < -0.39 is 11.9 Å². The van der Waals surface area contributed by atoms with Gasteiger partial charge in [0.1, 0.15) is 12.5 Å². The molecule has 1 fully saturated rings. The lowest BCUT2D eigenvalue weighted by Gasteiger charge is -2.17. The Morgan fingerprint density at radius 2 is 1.95 bits per heavy atom. The second-order valence-corrected chi connectivity index (χ2v) is 6.04. The molecule has 1 aromatic carbocycles. The third kappa shape index (κ3) is 4.09. The Balaban J connectivity index is 1.87. The van der Waals surface area contributed by atoms with Gasteiger partial charge in [-0.2, -0.15) is 0 Å². The standard InChI is InChI=1S/C18H25NO3/c1-3-4-6-11-15-13(2)16(17(20)19-15)18(21)22-12-14-9-7-5-8-10-14/h5,7-10,13,15-16H,3-4,6,11-12H2,1-2H3,(H,19,20). The first kappa shape index (κ1) is 16.5. The van der Waals surface area contributed by atoms with E-state index in [2.05, 4.69) is 12.2 Å². The molecule has 0 radical (unpaired) electrons. The molecule has 0 aromatic heterocycles. The van der Waals surface area contributed by atoms with E-state index in [1.165, 1.54) is 0 Å². The number of hydrogen-bond donors (Lipinski definition) is 1. The molecule has 3 unspecified atom stereocenters. The fourth-order valence-corrected chi connectivity index (χ4v) is 2.96. The Kier molecular flexibility index (Phi) is 5.99. The summed E-state index contributed by atoms with van der Waals surface area (Å²) in [5.74, 6) is -1.28. The van der Waals surface area contributed by atoms with Crippen LogP contribution in [0.2, 0.25) is 0 Å². The van der Waals surface area contributed by atoms with Crippen LogP contribution in [0.3, 0.4) is 0 Å². The van der Waals surface area contributed by atoms with Crippen LogP contribution in [0.1, 0.15) is 45.1 Å². The summed E-state index contributed by atoms with van der Waals surface area (Å²) < 4.78 is 5.33. The number of esters is 1. The molecule has 4 nitrogen and oxygen atoms in total. The third-order valence-electron chi connectivity index (χ3n) is 4.37. The van der Waals surface area contributed by atoms with Gasteiger partial charge >= 0.3 is 5.97 Å². The van der Waals surface area contributed by atoms with E-state index in [4.69, 9.17) is 4.74 Å². The van der Waals surface area contributed by atoms with Gasteiger partial charge < -0.3 is 10.1 Å². The van der Waals surface area contributed by atoms with Crippen LogP contribution in [0.15, 0.2) is 30.3 Å². The topological polar surface area (TPSA) is 55.4 Å². The summed E-state index contributed by atoms with van der Waals surface area (Å²) in [5.41, 5.74) is 0.932. The summed E-state index contributed by atoms with van der Waals surface area (Å²) in [6.45, 7) is 4.33. The van der Waals surface area contributed by atoms with E-state index in [-0.39, 0.29) is 24.5 Å². The van der Waals surface area contributed by atoms with Crippen LogP contribution < -0.4 is 5.32 Å². The average Bonchev–Trinajstić information content (AvgIpc) is 2.81. The van der Waals surface area contributed by atoms with Crippen molar-refractivity contribution in [3.8, 4) is 0 Å². The number of carbonyl (C=O) groups excluding carboxylic acids is 2. The Bertz CT molecular complexity index is 500. The van der Waals surface area contributed by atoms with Gasteiger partial charge in [-0.15, -0.1) is 0 Å². The molecule has 1 aliphatic rings. The summed E-state index contributed by atoms with van der Waals surface area (Å²) in [4.78, 5) is 24.3.